The van der Waals surface area contributed by atoms with Crippen LogP contribution in [0.4, 0.5) is 0 Å². The van der Waals surface area contributed by atoms with Crippen LogP contribution in [0.5, 0.6) is 0 Å². The predicted octanol–water partition coefficient (Wildman–Crippen LogP) is 1.78. The largest absolute Gasteiger partial charge is 0.473 e. The van der Waals surface area contributed by atoms with Crippen molar-refractivity contribution in [2.24, 2.45) is 0 Å². The number of aromatic nitrogens is 2. The number of carbonyl (C=O) groups is 2. The number of aliphatic carboxylic acids is 2. The number of carboxylic acid groups (broad SMARTS) is 2. The van der Waals surface area contributed by atoms with E-state index in [1.54, 1.807) is 0 Å². The molecule has 1 atom stereocenters. The third kappa shape index (κ3) is 6.70. The van der Waals surface area contributed by atoms with Crippen LogP contribution in [0.15, 0.2) is 34.7 Å². The fraction of sp³-hybridized carbons (Fsp3) is 0.333. The van der Waals surface area contributed by atoms with Gasteiger partial charge < -0.3 is 19.9 Å². The Morgan fingerprint density at radius 2 is 1.78 bits per heavy atom. The quantitative estimate of drug-likeness (QED) is 0.711. The number of hydrogen-bond acceptors (Lipinski definition) is 6. The predicted molar refractivity (Wildman–Crippen MR) is 81.6 cm³/mol. The van der Waals surface area contributed by atoms with Crippen LogP contribution in [-0.2, 0) is 16.1 Å². The van der Waals surface area contributed by atoms with Crippen LogP contribution in [0.1, 0.15) is 26.2 Å². The monoisotopic (exact) mass is 321 g/mol. The average molecular weight is 321 g/mol. The molecule has 124 valence electrons. The SMILES string of the molecule is CCC(C)NCc1nnc(-c2ccccc2)o1.O=C(O)C(=O)O. The highest BCUT2D eigenvalue weighted by atomic mass is 16.4. The summed E-state index contributed by atoms with van der Waals surface area (Å²) in [5, 5.41) is 26.2. The lowest BCUT2D eigenvalue weighted by molar-refractivity contribution is -0.159. The van der Waals surface area contributed by atoms with Gasteiger partial charge in [0.15, 0.2) is 0 Å². The Bertz CT molecular complexity index is 615. The van der Waals surface area contributed by atoms with Gasteiger partial charge in [-0.15, -0.1) is 10.2 Å². The van der Waals surface area contributed by atoms with Gasteiger partial charge in [-0.05, 0) is 25.5 Å². The lowest BCUT2D eigenvalue weighted by Gasteiger charge is -2.07. The molecule has 0 aliphatic rings. The van der Waals surface area contributed by atoms with Crippen molar-refractivity contribution in [2.45, 2.75) is 32.9 Å². The van der Waals surface area contributed by atoms with Crippen molar-refractivity contribution in [1.29, 1.82) is 0 Å². The second-order valence-corrected chi connectivity index (χ2v) is 4.67. The third-order valence-corrected chi connectivity index (χ3v) is 2.88. The minimum Gasteiger partial charge on any atom is -0.473 e. The Morgan fingerprint density at radius 1 is 1.17 bits per heavy atom. The number of rotatable bonds is 5. The average Bonchev–Trinajstić information content (AvgIpc) is 3.03. The highest BCUT2D eigenvalue weighted by Gasteiger charge is 2.08. The van der Waals surface area contributed by atoms with Crippen molar-refractivity contribution in [1.82, 2.24) is 15.5 Å². The van der Waals surface area contributed by atoms with Gasteiger partial charge in [0.25, 0.3) is 0 Å². The molecule has 0 aliphatic heterocycles. The summed E-state index contributed by atoms with van der Waals surface area (Å²) in [6, 6.07) is 10.2. The molecule has 0 radical (unpaired) electrons. The van der Waals surface area contributed by atoms with Crippen molar-refractivity contribution in [3.05, 3.63) is 36.2 Å². The number of nitrogens with one attached hydrogen (secondary N) is 1. The molecule has 1 heterocycles. The summed E-state index contributed by atoms with van der Waals surface area (Å²) in [6.07, 6.45) is 1.08. The van der Waals surface area contributed by atoms with Crippen molar-refractivity contribution in [3.63, 3.8) is 0 Å². The van der Waals surface area contributed by atoms with Crippen LogP contribution < -0.4 is 5.32 Å². The maximum absolute atomic E-state index is 9.10. The lowest BCUT2D eigenvalue weighted by Crippen LogP contribution is -2.24. The number of nitrogens with zero attached hydrogens (tertiary/aromatic N) is 2. The minimum atomic E-state index is -1.82. The first-order chi connectivity index (χ1) is 10.9. The van der Waals surface area contributed by atoms with Gasteiger partial charge in [0, 0.05) is 11.6 Å². The Hall–Kier alpha value is -2.74. The normalized spacial score (nSPS) is 11.2. The number of hydrogen-bond donors (Lipinski definition) is 3. The molecule has 0 amide bonds. The molecule has 8 nitrogen and oxygen atoms in total. The molecule has 0 aliphatic carbocycles. The van der Waals surface area contributed by atoms with Crippen molar-refractivity contribution in [3.8, 4) is 11.5 Å². The first-order valence-electron chi connectivity index (χ1n) is 7.01. The minimum absolute atomic E-state index is 0.460. The zero-order valence-corrected chi connectivity index (χ0v) is 12.9. The van der Waals surface area contributed by atoms with E-state index >= 15 is 0 Å². The van der Waals surface area contributed by atoms with Gasteiger partial charge in [-0.3, -0.25) is 0 Å². The standard InChI is InChI=1S/C13H17N3O.C2H2O4/c1-3-10(2)14-9-12-15-16-13(17-12)11-7-5-4-6-8-11;3-1(4)2(5)6/h4-8,10,14H,3,9H2,1-2H3;(H,3,4)(H,5,6). The first-order valence-corrected chi connectivity index (χ1v) is 7.01. The summed E-state index contributed by atoms with van der Waals surface area (Å²) in [5.41, 5.74) is 0.954. The fourth-order valence-corrected chi connectivity index (χ4v) is 1.43. The van der Waals surface area contributed by atoms with Crippen molar-refractivity contribution >= 4 is 11.9 Å². The van der Waals surface area contributed by atoms with E-state index in [2.05, 4.69) is 29.4 Å². The second kappa shape index (κ2) is 9.31. The molecule has 1 aromatic heterocycles. The Morgan fingerprint density at radius 3 is 2.30 bits per heavy atom. The molecule has 2 rings (SSSR count). The van der Waals surface area contributed by atoms with Crippen molar-refractivity contribution < 1.29 is 24.2 Å². The Balaban J connectivity index is 0.000000379. The molecule has 2 aromatic rings. The lowest BCUT2D eigenvalue weighted by atomic mass is 10.2. The molecule has 1 aromatic carbocycles. The first kappa shape index (κ1) is 18.3. The molecule has 0 saturated carbocycles. The van der Waals surface area contributed by atoms with Gasteiger partial charge in [-0.25, -0.2) is 9.59 Å². The maximum Gasteiger partial charge on any atom is 0.414 e. The van der Waals surface area contributed by atoms with E-state index in [4.69, 9.17) is 24.2 Å². The Kier molecular flexibility index (Phi) is 7.41. The van der Waals surface area contributed by atoms with Crippen molar-refractivity contribution in [2.75, 3.05) is 0 Å². The molecule has 8 heteroatoms. The van der Waals surface area contributed by atoms with Gasteiger partial charge in [0.2, 0.25) is 11.8 Å². The summed E-state index contributed by atoms with van der Waals surface area (Å²) in [7, 11) is 0. The molecule has 0 saturated heterocycles. The van der Waals surface area contributed by atoms with Gasteiger partial charge in [-0.1, -0.05) is 25.1 Å². The summed E-state index contributed by atoms with van der Waals surface area (Å²) in [5.74, 6) is -2.44. The fourth-order valence-electron chi connectivity index (χ4n) is 1.43. The van der Waals surface area contributed by atoms with E-state index in [0.717, 1.165) is 12.0 Å². The van der Waals surface area contributed by atoms with E-state index in [1.807, 2.05) is 30.3 Å². The smallest absolute Gasteiger partial charge is 0.414 e. The van der Waals surface area contributed by atoms with Crippen LogP contribution in [0.25, 0.3) is 11.5 Å². The number of benzene rings is 1. The molecule has 0 fully saturated rings. The van der Waals surface area contributed by atoms with E-state index in [-0.39, 0.29) is 0 Å². The number of carboxylic acids is 2. The summed E-state index contributed by atoms with van der Waals surface area (Å²) >= 11 is 0. The second-order valence-electron chi connectivity index (χ2n) is 4.67. The molecule has 0 spiro atoms. The van der Waals surface area contributed by atoms with Crippen LogP contribution in [0, 0.1) is 0 Å². The van der Waals surface area contributed by atoms with E-state index < -0.39 is 11.9 Å². The van der Waals surface area contributed by atoms with E-state index in [0.29, 0.717) is 24.4 Å². The van der Waals surface area contributed by atoms with Gasteiger partial charge >= 0.3 is 11.9 Å². The van der Waals surface area contributed by atoms with Crippen LogP contribution >= 0.6 is 0 Å². The summed E-state index contributed by atoms with van der Waals surface area (Å²) < 4.78 is 5.58. The molecule has 3 N–H and O–H groups in total. The molecular weight excluding hydrogens is 302 g/mol. The molecule has 1 unspecified atom stereocenters. The highest BCUT2D eigenvalue weighted by Crippen LogP contribution is 2.16. The molecule has 23 heavy (non-hydrogen) atoms. The maximum atomic E-state index is 9.10. The van der Waals surface area contributed by atoms with Gasteiger partial charge in [0.1, 0.15) is 0 Å². The third-order valence-electron chi connectivity index (χ3n) is 2.88. The van der Waals surface area contributed by atoms with E-state index in [9.17, 15) is 0 Å². The summed E-state index contributed by atoms with van der Waals surface area (Å²) in [4.78, 5) is 18.2. The zero-order chi connectivity index (χ0) is 17.2. The molecule has 0 bridgehead atoms. The van der Waals surface area contributed by atoms with E-state index in [1.165, 1.54) is 0 Å². The van der Waals surface area contributed by atoms with Crippen LogP contribution in [0.2, 0.25) is 0 Å². The molecular formula is C15H19N3O5. The topological polar surface area (TPSA) is 126 Å². The van der Waals surface area contributed by atoms with Crippen LogP contribution in [-0.4, -0.2) is 38.4 Å². The van der Waals surface area contributed by atoms with Gasteiger partial charge in [0.05, 0.1) is 6.54 Å². The zero-order valence-electron chi connectivity index (χ0n) is 12.9. The summed E-state index contributed by atoms with van der Waals surface area (Å²) in [6.45, 7) is 4.89. The highest BCUT2D eigenvalue weighted by molar-refractivity contribution is 6.27. The van der Waals surface area contributed by atoms with Gasteiger partial charge in [-0.2, -0.15) is 0 Å². The Labute approximate surface area is 133 Å². The van der Waals surface area contributed by atoms with Crippen LogP contribution in [0.3, 0.4) is 0 Å².